The molecule has 3 heterocycles. The largest absolute Gasteiger partial charge is 0.457 e. The number of hydrogen-bond donors (Lipinski definition) is 0. The van der Waals surface area contributed by atoms with Crippen LogP contribution < -0.4 is 14.5 Å². The molecule has 0 fully saturated rings. The molecule has 1 aliphatic rings. The third kappa shape index (κ3) is 9.84. The van der Waals surface area contributed by atoms with Crippen molar-refractivity contribution in [2.75, 3.05) is 16.5 Å². The van der Waals surface area contributed by atoms with E-state index in [1.165, 1.54) is 72.4 Å². The Hall–Kier alpha value is -8.67. The zero-order valence-corrected chi connectivity index (χ0v) is 49.8. The topological polar surface area (TPSA) is 33.5 Å². The van der Waals surface area contributed by atoms with Gasteiger partial charge >= 0.3 is 0 Å². The second-order valence-electron chi connectivity index (χ2n) is 26.2. The van der Waals surface area contributed by atoms with Gasteiger partial charge in [-0.2, -0.15) is 0 Å². The number of fused-ring (bicyclic) bond motifs is 4. The standard InChI is InChI=1S/C77H76N4O/c1-73(2,3)57-40-41-78-72(46-57)81-68-39-36-53(52-26-17-13-18-27-52)42-65(68)64-38-37-63(48-69(64)81)82-62-35-25-34-60(47-62)79-51-80(61-44-58(74(4,5)6)43-59(45-61)75(7,8)54-28-19-14-20-29-54)71-50-67(77(11,12)56-32-23-16-24-33-56)66(49-70(71)79)76(9,10)55-30-21-15-22-31-55/h13-50H,51H2,1-12H3. The van der Waals surface area contributed by atoms with E-state index in [0.717, 1.165) is 45.1 Å². The summed E-state index contributed by atoms with van der Waals surface area (Å²) in [5.41, 5.74) is 18.2. The molecule has 0 unspecified atom stereocenters. The van der Waals surface area contributed by atoms with E-state index in [0.29, 0.717) is 6.67 Å². The molecule has 2 aromatic heterocycles. The van der Waals surface area contributed by atoms with Crippen molar-refractivity contribution in [2.45, 2.75) is 110 Å². The minimum absolute atomic E-state index is 0.0531. The molecule has 9 aromatic carbocycles. The lowest BCUT2D eigenvalue weighted by Crippen LogP contribution is -2.28. The fraction of sp³-hybridized carbons (Fsp3) is 0.234. The normalized spacial score (nSPS) is 13.3. The molecular weight excluding hydrogens is 997 g/mol. The van der Waals surface area contributed by atoms with Gasteiger partial charge in [0.25, 0.3) is 0 Å². The summed E-state index contributed by atoms with van der Waals surface area (Å²) in [5.74, 6) is 2.39. The maximum absolute atomic E-state index is 7.07. The smallest absolute Gasteiger partial charge is 0.137 e. The number of benzene rings is 9. The molecule has 0 N–H and O–H groups in total. The number of ether oxygens (including phenoxy) is 1. The average Bonchev–Trinajstić information content (AvgIpc) is 2.51. The van der Waals surface area contributed by atoms with Gasteiger partial charge < -0.3 is 14.5 Å². The Morgan fingerprint density at radius 3 is 1.48 bits per heavy atom. The van der Waals surface area contributed by atoms with Gasteiger partial charge in [0.2, 0.25) is 0 Å². The fourth-order valence-electron chi connectivity index (χ4n) is 12.4. The van der Waals surface area contributed by atoms with Gasteiger partial charge in [-0.25, -0.2) is 4.98 Å². The van der Waals surface area contributed by atoms with Crippen LogP contribution in [0.15, 0.2) is 231 Å². The van der Waals surface area contributed by atoms with Gasteiger partial charge in [-0.15, -0.1) is 0 Å². The Bertz CT molecular complexity index is 4140. The fourth-order valence-corrected chi connectivity index (χ4v) is 12.4. The van der Waals surface area contributed by atoms with Crippen molar-refractivity contribution in [2.24, 2.45) is 0 Å². The van der Waals surface area contributed by atoms with E-state index in [1.807, 2.05) is 6.20 Å². The lowest BCUT2D eigenvalue weighted by Gasteiger charge is -2.37. The van der Waals surface area contributed by atoms with Crippen molar-refractivity contribution in [3.05, 3.63) is 275 Å². The number of rotatable bonds is 12. The summed E-state index contributed by atoms with van der Waals surface area (Å²) < 4.78 is 9.37. The lowest BCUT2D eigenvalue weighted by molar-refractivity contribution is 0.483. The molecule has 0 radical (unpaired) electrons. The first-order valence-corrected chi connectivity index (χ1v) is 29.1. The number of aromatic nitrogens is 2. The molecular formula is C77H76N4O. The Labute approximate surface area is 486 Å². The first-order valence-electron chi connectivity index (χ1n) is 29.1. The van der Waals surface area contributed by atoms with Crippen molar-refractivity contribution in [3.8, 4) is 28.4 Å². The van der Waals surface area contributed by atoms with Crippen molar-refractivity contribution in [3.63, 3.8) is 0 Å². The van der Waals surface area contributed by atoms with Crippen LogP contribution in [0.25, 0.3) is 38.8 Å². The van der Waals surface area contributed by atoms with E-state index >= 15 is 0 Å². The zero-order chi connectivity index (χ0) is 57.3. The van der Waals surface area contributed by atoms with E-state index in [9.17, 15) is 0 Å². The van der Waals surface area contributed by atoms with E-state index in [-0.39, 0.29) is 27.1 Å². The van der Waals surface area contributed by atoms with Crippen molar-refractivity contribution < 1.29 is 4.74 Å². The van der Waals surface area contributed by atoms with Crippen LogP contribution in [-0.4, -0.2) is 16.2 Å². The predicted molar refractivity (Wildman–Crippen MR) is 346 cm³/mol. The van der Waals surface area contributed by atoms with Gasteiger partial charge in [0.15, 0.2) is 0 Å². The van der Waals surface area contributed by atoms with Crippen molar-refractivity contribution >= 4 is 44.6 Å². The summed E-state index contributed by atoms with van der Waals surface area (Å²) in [7, 11) is 0. The minimum Gasteiger partial charge on any atom is -0.457 e. The minimum atomic E-state index is -0.353. The lowest BCUT2D eigenvalue weighted by atomic mass is 9.68. The monoisotopic (exact) mass is 1070 g/mol. The van der Waals surface area contributed by atoms with Crippen LogP contribution >= 0.6 is 0 Å². The molecule has 5 nitrogen and oxygen atoms in total. The van der Waals surface area contributed by atoms with Crippen molar-refractivity contribution in [1.82, 2.24) is 9.55 Å². The molecule has 0 bridgehead atoms. The van der Waals surface area contributed by atoms with Gasteiger partial charge in [0.1, 0.15) is 24.0 Å². The van der Waals surface area contributed by atoms with Gasteiger partial charge in [-0.3, -0.25) is 4.57 Å². The van der Waals surface area contributed by atoms with Crippen LogP contribution in [0, 0.1) is 0 Å². The van der Waals surface area contributed by atoms with Gasteiger partial charge in [0.05, 0.1) is 22.4 Å². The molecule has 12 rings (SSSR count). The summed E-state index contributed by atoms with van der Waals surface area (Å²) in [4.78, 5) is 10.1. The highest BCUT2D eigenvalue weighted by Gasteiger charge is 2.39. The molecule has 0 amide bonds. The third-order valence-electron chi connectivity index (χ3n) is 17.7. The molecule has 1 aliphatic heterocycles. The van der Waals surface area contributed by atoms with Crippen molar-refractivity contribution in [1.29, 1.82) is 0 Å². The summed E-state index contributed by atoms with van der Waals surface area (Å²) in [5, 5.41) is 2.31. The van der Waals surface area contributed by atoms with Gasteiger partial charge in [-0.05, 0) is 139 Å². The maximum atomic E-state index is 7.07. The number of pyridine rings is 1. The average molecular weight is 1070 g/mol. The van der Waals surface area contributed by atoms with Crippen LogP contribution in [-0.2, 0) is 27.1 Å². The van der Waals surface area contributed by atoms with E-state index in [4.69, 9.17) is 9.72 Å². The highest BCUT2D eigenvalue weighted by atomic mass is 16.5. The highest BCUT2D eigenvalue weighted by molar-refractivity contribution is 6.10. The highest BCUT2D eigenvalue weighted by Crippen LogP contribution is 2.53. The Morgan fingerprint density at radius 1 is 0.354 bits per heavy atom. The second-order valence-corrected chi connectivity index (χ2v) is 26.2. The number of nitrogens with zero attached hydrogens (tertiary/aromatic N) is 4. The van der Waals surface area contributed by atoms with Crippen LogP contribution in [0.2, 0.25) is 0 Å². The predicted octanol–water partition coefficient (Wildman–Crippen LogP) is 20.5. The Kier molecular flexibility index (Phi) is 13.4. The summed E-state index contributed by atoms with van der Waals surface area (Å²) in [6.45, 7) is 28.7. The molecule has 0 saturated carbocycles. The Balaban J connectivity index is 1.02. The Morgan fingerprint density at radius 2 is 0.890 bits per heavy atom. The number of hydrogen-bond acceptors (Lipinski definition) is 4. The van der Waals surface area contributed by atoms with E-state index in [2.05, 4.69) is 322 Å². The molecule has 0 aliphatic carbocycles. The summed E-state index contributed by atoms with van der Waals surface area (Å²) in [6.07, 6.45) is 1.94. The maximum Gasteiger partial charge on any atom is 0.137 e. The van der Waals surface area contributed by atoms with Gasteiger partial charge in [-0.1, -0.05) is 223 Å². The molecule has 0 saturated heterocycles. The molecule has 0 atom stereocenters. The first kappa shape index (κ1) is 53.9. The molecule has 82 heavy (non-hydrogen) atoms. The van der Waals surface area contributed by atoms with Gasteiger partial charge in [0, 0.05) is 56.7 Å². The van der Waals surface area contributed by atoms with E-state index < -0.39 is 0 Å². The van der Waals surface area contributed by atoms with Crippen LogP contribution in [0.3, 0.4) is 0 Å². The molecule has 410 valence electrons. The third-order valence-corrected chi connectivity index (χ3v) is 17.7. The van der Waals surface area contributed by atoms with Crippen LogP contribution in [0.1, 0.15) is 128 Å². The molecule has 11 aromatic rings. The summed E-state index contributed by atoms with van der Waals surface area (Å²) in [6, 6.07) is 82.4. The molecule has 0 spiro atoms. The SMILES string of the molecule is CC(C)(C)c1cc(N2CN(c3cccc(Oc4ccc5c6cc(-c7ccccc7)ccc6n(-c6cc(C(C)(C)C)ccn6)c5c4)c3)c3cc(C(C)(C)c4ccccc4)c(C(C)(C)c4ccccc4)cc32)cc(C(C)(C)c2ccccc2)c1. The second kappa shape index (κ2) is 20.4. The number of anilines is 4. The van der Waals surface area contributed by atoms with Crippen LogP contribution in [0.5, 0.6) is 11.5 Å². The zero-order valence-electron chi connectivity index (χ0n) is 49.8. The first-order chi connectivity index (χ1) is 39.2. The quantitative estimate of drug-likeness (QED) is 0.122. The molecule has 5 heteroatoms. The summed E-state index contributed by atoms with van der Waals surface area (Å²) >= 11 is 0. The van der Waals surface area contributed by atoms with E-state index in [1.54, 1.807) is 0 Å². The van der Waals surface area contributed by atoms with Crippen LogP contribution in [0.4, 0.5) is 22.7 Å².